The van der Waals surface area contributed by atoms with Crippen molar-refractivity contribution in [3.05, 3.63) is 60.8 Å². The van der Waals surface area contributed by atoms with Gasteiger partial charge in [0.25, 0.3) is 0 Å². The number of likely N-dealkylation sites (tertiary alicyclic amines) is 1. The first kappa shape index (κ1) is 16.4. The van der Waals surface area contributed by atoms with Crippen molar-refractivity contribution in [2.45, 2.75) is 25.4 Å². The number of hydrogen-bond donors (Lipinski definition) is 2. The lowest BCUT2D eigenvalue weighted by atomic mass is 10.1. The van der Waals surface area contributed by atoms with Crippen molar-refractivity contribution >= 4 is 6.03 Å². The Morgan fingerprint density at radius 3 is 2.85 bits per heavy atom. The van der Waals surface area contributed by atoms with E-state index in [1.807, 2.05) is 47.8 Å². The molecule has 0 bridgehead atoms. The van der Waals surface area contributed by atoms with Crippen LogP contribution < -0.4 is 5.32 Å². The van der Waals surface area contributed by atoms with E-state index in [1.54, 1.807) is 12.4 Å². The lowest BCUT2D eigenvalue weighted by Crippen LogP contribution is -2.45. The average Bonchev–Trinajstić information content (AvgIpc) is 3.40. The molecule has 7 nitrogen and oxygen atoms in total. The van der Waals surface area contributed by atoms with Crippen LogP contribution in [0.1, 0.15) is 24.4 Å². The van der Waals surface area contributed by atoms with Crippen LogP contribution in [0.4, 0.5) is 4.79 Å². The third-order valence-corrected chi connectivity index (χ3v) is 4.84. The highest BCUT2D eigenvalue weighted by Gasteiger charge is 2.24. The van der Waals surface area contributed by atoms with Gasteiger partial charge in [0.05, 0.1) is 18.1 Å². The molecule has 3 aromatic rings. The molecule has 1 unspecified atom stereocenters. The Kier molecular flexibility index (Phi) is 4.68. The largest absolute Gasteiger partial charge is 0.334 e. The summed E-state index contributed by atoms with van der Waals surface area (Å²) in [4.78, 5) is 18.5. The number of benzene rings is 1. The number of H-pyrrole nitrogens is 1. The van der Waals surface area contributed by atoms with Crippen LogP contribution in [0.25, 0.3) is 11.3 Å². The molecule has 2 amide bonds. The SMILES string of the molecule is O=C(NCc1ccc(-c2ccn[nH]2)cc1)N1CCCC(n2ccnc2)C1. The normalized spacial score (nSPS) is 17.2. The van der Waals surface area contributed by atoms with Crippen molar-refractivity contribution in [1.82, 2.24) is 30.0 Å². The lowest BCUT2D eigenvalue weighted by Gasteiger charge is -2.33. The van der Waals surface area contributed by atoms with Gasteiger partial charge in [-0.3, -0.25) is 5.10 Å². The molecule has 1 atom stereocenters. The van der Waals surface area contributed by atoms with Crippen LogP contribution in [-0.4, -0.2) is 43.8 Å². The van der Waals surface area contributed by atoms with E-state index < -0.39 is 0 Å². The molecule has 0 aliphatic carbocycles. The second-order valence-electron chi connectivity index (χ2n) is 6.58. The summed E-state index contributed by atoms with van der Waals surface area (Å²) in [6.07, 6.45) is 9.40. The summed E-state index contributed by atoms with van der Waals surface area (Å²) in [5, 5.41) is 9.94. The van der Waals surface area contributed by atoms with Gasteiger partial charge >= 0.3 is 6.03 Å². The van der Waals surface area contributed by atoms with Crippen LogP contribution in [-0.2, 0) is 6.54 Å². The Morgan fingerprint density at radius 2 is 2.12 bits per heavy atom. The number of nitrogens with one attached hydrogen (secondary N) is 2. The highest BCUT2D eigenvalue weighted by molar-refractivity contribution is 5.74. The topological polar surface area (TPSA) is 78.8 Å². The van der Waals surface area contributed by atoms with Gasteiger partial charge in [-0.15, -0.1) is 0 Å². The zero-order valence-corrected chi connectivity index (χ0v) is 14.5. The number of piperidine rings is 1. The zero-order valence-electron chi connectivity index (χ0n) is 14.5. The van der Waals surface area contributed by atoms with Crippen LogP contribution in [0, 0.1) is 0 Å². The highest BCUT2D eigenvalue weighted by atomic mass is 16.2. The van der Waals surface area contributed by atoms with Gasteiger partial charge in [-0.05, 0) is 30.0 Å². The van der Waals surface area contributed by atoms with Crippen molar-refractivity contribution in [2.75, 3.05) is 13.1 Å². The molecule has 1 aliphatic heterocycles. The summed E-state index contributed by atoms with van der Waals surface area (Å²) in [7, 11) is 0. The quantitative estimate of drug-likeness (QED) is 0.759. The van der Waals surface area contributed by atoms with E-state index in [9.17, 15) is 4.79 Å². The van der Waals surface area contributed by atoms with Crippen LogP contribution >= 0.6 is 0 Å². The van der Waals surface area contributed by atoms with Gasteiger partial charge in [0.2, 0.25) is 0 Å². The molecule has 1 aliphatic rings. The average molecular weight is 350 g/mol. The summed E-state index contributed by atoms with van der Waals surface area (Å²) >= 11 is 0. The predicted octanol–water partition coefficient (Wildman–Crippen LogP) is 2.82. The van der Waals surface area contributed by atoms with Gasteiger partial charge in [0, 0.05) is 38.2 Å². The van der Waals surface area contributed by atoms with Gasteiger partial charge in [-0.2, -0.15) is 5.10 Å². The Labute approximate surface area is 152 Å². The first-order valence-electron chi connectivity index (χ1n) is 8.88. The zero-order chi connectivity index (χ0) is 17.8. The number of aromatic amines is 1. The van der Waals surface area contributed by atoms with Gasteiger partial charge < -0.3 is 14.8 Å². The minimum absolute atomic E-state index is 0.00698. The number of amides is 2. The molecule has 26 heavy (non-hydrogen) atoms. The third-order valence-electron chi connectivity index (χ3n) is 4.84. The summed E-state index contributed by atoms with van der Waals surface area (Å²) in [5.41, 5.74) is 3.14. The van der Waals surface area contributed by atoms with Crippen molar-refractivity contribution in [2.24, 2.45) is 0 Å². The van der Waals surface area contributed by atoms with E-state index in [2.05, 4.69) is 25.1 Å². The standard InChI is InChI=1S/C19H22N6O/c26-19(24-10-1-2-17(13-24)25-11-9-20-14-25)21-12-15-3-5-16(6-4-15)18-7-8-22-23-18/h3-9,11,14,17H,1-2,10,12-13H2,(H,21,26)(H,22,23). The molecule has 2 N–H and O–H groups in total. The second-order valence-corrected chi connectivity index (χ2v) is 6.58. The first-order valence-corrected chi connectivity index (χ1v) is 8.88. The number of aromatic nitrogens is 4. The molecular formula is C19H22N6O. The molecule has 4 rings (SSSR count). The molecule has 1 fully saturated rings. The first-order chi connectivity index (χ1) is 12.8. The predicted molar refractivity (Wildman–Crippen MR) is 98.3 cm³/mol. The Morgan fingerprint density at radius 1 is 1.23 bits per heavy atom. The van der Waals surface area contributed by atoms with E-state index in [1.165, 1.54) is 0 Å². The number of hydrogen-bond acceptors (Lipinski definition) is 3. The van der Waals surface area contributed by atoms with Crippen molar-refractivity contribution < 1.29 is 4.79 Å². The third kappa shape index (κ3) is 3.61. The molecular weight excluding hydrogens is 328 g/mol. The number of imidazole rings is 1. The maximum Gasteiger partial charge on any atom is 0.317 e. The van der Waals surface area contributed by atoms with Crippen LogP contribution in [0.15, 0.2) is 55.2 Å². The summed E-state index contributed by atoms with van der Waals surface area (Å²) in [6, 6.07) is 10.4. The summed E-state index contributed by atoms with van der Waals surface area (Å²) < 4.78 is 2.09. The number of carbonyl (C=O) groups is 1. The molecule has 1 aromatic carbocycles. The molecule has 2 aromatic heterocycles. The van der Waals surface area contributed by atoms with E-state index in [-0.39, 0.29) is 6.03 Å². The number of rotatable bonds is 4. The van der Waals surface area contributed by atoms with Crippen LogP contribution in [0.3, 0.4) is 0 Å². The van der Waals surface area contributed by atoms with Gasteiger partial charge in [0.1, 0.15) is 0 Å². The molecule has 1 saturated heterocycles. The van der Waals surface area contributed by atoms with E-state index in [0.29, 0.717) is 12.6 Å². The fourth-order valence-electron chi connectivity index (χ4n) is 3.38. The lowest BCUT2D eigenvalue weighted by molar-refractivity contribution is 0.166. The van der Waals surface area contributed by atoms with Crippen LogP contribution in [0.2, 0.25) is 0 Å². The fraction of sp³-hybridized carbons (Fsp3) is 0.316. The maximum atomic E-state index is 12.5. The minimum atomic E-state index is -0.00698. The molecule has 0 radical (unpaired) electrons. The van der Waals surface area contributed by atoms with E-state index in [4.69, 9.17) is 0 Å². The Balaban J connectivity index is 1.32. The number of nitrogens with zero attached hydrogens (tertiary/aromatic N) is 4. The van der Waals surface area contributed by atoms with Crippen molar-refractivity contribution in [3.63, 3.8) is 0 Å². The number of carbonyl (C=O) groups excluding carboxylic acids is 1. The van der Waals surface area contributed by atoms with Gasteiger partial charge in [0.15, 0.2) is 0 Å². The Bertz CT molecular complexity index is 826. The monoisotopic (exact) mass is 350 g/mol. The molecule has 0 saturated carbocycles. The van der Waals surface area contributed by atoms with Gasteiger partial charge in [-0.1, -0.05) is 24.3 Å². The highest BCUT2D eigenvalue weighted by Crippen LogP contribution is 2.21. The number of urea groups is 1. The summed E-state index contributed by atoms with van der Waals surface area (Å²) in [6.45, 7) is 2.05. The minimum Gasteiger partial charge on any atom is -0.334 e. The molecule has 3 heterocycles. The van der Waals surface area contributed by atoms with Crippen molar-refractivity contribution in [1.29, 1.82) is 0 Å². The van der Waals surface area contributed by atoms with Gasteiger partial charge in [-0.25, -0.2) is 9.78 Å². The summed E-state index contributed by atoms with van der Waals surface area (Å²) in [5.74, 6) is 0. The van der Waals surface area contributed by atoms with Crippen molar-refractivity contribution in [3.8, 4) is 11.3 Å². The molecule has 7 heteroatoms. The fourth-order valence-corrected chi connectivity index (χ4v) is 3.38. The molecule has 0 spiro atoms. The second kappa shape index (κ2) is 7.43. The smallest absolute Gasteiger partial charge is 0.317 e. The van der Waals surface area contributed by atoms with Crippen LogP contribution in [0.5, 0.6) is 0 Å². The van der Waals surface area contributed by atoms with E-state index >= 15 is 0 Å². The Hall–Kier alpha value is -3.09. The molecule has 134 valence electrons. The maximum absolute atomic E-state index is 12.5. The van der Waals surface area contributed by atoms with E-state index in [0.717, 1.165) is 42.8 Å².